The number of hydrogen-bond donors (Lipinski definition) is 2. The van der Waals surface area contributed by atoms with Gasteiger partial charge in [0.25, 0.3) is 0 Å². The predicted octanol–water partition coefficient (Wildman–Crippen LogP) is 1.46. The summed E-state index contributed by atoms with van der Waals surface area (Å²) in [7, 11) is 0. The highest BCUT2D eigenvalue weighted by Crippen LogP contribution is 2.38. The molecule has 1 aliphatic heterocycles. The van der Waals surface area contributed by atoms with Crippen LogP contribution in [0.5, 0.6) is 0 Å². The molecule has 0 spiro atoms. The van der Waals surface area contributed by atoms with Crippen molar-refractivity contribution >= 4 is 0 Å². The Morgan fingerprint density at radius 1 is 1.39 bits per heavy atom. The number of rotatable bonds is 5. The fourth-order valence-corrected chi connectivity index (χ4v) is 3.12. The molecule has 2 aliphatic rings. The molecule has 4 heteroatoms. The summed E-state index contributed by atoms with van der Waals surface area (Å²) in [6.07, 6.45) is 5.66. The van der Waals surface area contributed by atoms with Crippen molar-refractivity contribution in [3.05, 3.63) is 12.7 Å². The lowest BCUT2D eigenvalue weighted by Crippen LogP contribution is -2.30. The molecule has 104 valence electrons. The van der Waals surface area contributed by atoms with E-state index in [2.05, 4.69) is 6.58 Å². The quantitative estimate of drug-likeness (QED) is 0.731. The topological polar surface area (TPSA) is 58.9 Å². The summed E-state index contributed by atoms with van der Waals surface area (Å²) in [5.74, 6) is 0.166. The summed E-state index contributed by atoms with van der Waals surface area (Å²) < 4.78 is 11.5. The van der Waals surface area contributed by atoms with Gasteiger partial charge in [-0.15, -0.1) is 6.58 Å². The molecule has 1 unspecified atom stereocenters. The Kier molecular flexibility index (Phi) is 5.18. The normalized spacial score (nSPS) is 40.9. The molecule has 2 rings (SSSR count). The van der Waals surface area contributed by atoms with Gasteiger partial charge in [0.05, 0.1) is 12.2 Å². The minimum absolute atomic E-state index is 0.0304. The lowest BCUT2D eigenvalue weighted by atomic mass is 9.91. The van der Waals surface area contributed by atoms with Gasteiger partial charge in [-0.25, -0.2) is 0 Å². The molecule has 0 aromatic heterocycles. The van der Waals surface area contributed by atoms with Crippen LogP contribution in [0.15, 0.2) is 12.7 Å². The molecule has 18 heavy (non-hydrogen) atoms. The maximum absolute atomic E-state index is 10.0. The molecule has 2 N–H and O–H groups in total. The molecule has 0 aromatic rings. The standard InChI is InChI=1S/C14H24O4/c1-2-10-11(6-7-15)12(16)9-13(10)18-14-5-3-4-8-17-14/h2,10-16H,1,3-9H2/t10-,11-,12+,13-,14?/m1/s1. The Morgan fingerprint density at radius 2 is 2.22 bits per heavy atom. The molecule has 0 aromatic carbocycles. The maximum atomic E-state index is 10.0. The molecule has 0 radical (unpaired) electrons. The molecule has 5 atom stereocenters. The Labute approximate surface area is 109 Å². The van der Waals surface area contributed by atoms with E-state index in [-0.39, 0.29) is 30.8 Å². The maximum Gasteiger partial charge on any atom is 0.157 e. The average molecular weight is 256 g/mol. The van der Waals surface area contributed by atoms with Gasteiger partial charge in [-0.1, -0.05) is 6.08 Å². The monoisotopic (exact) mass is 256 g/mol. The second-order valence-corrected chi connectivity index (χ2v) is 5.26. The van der Waals surface area contributed by atoms with Crippen LogP contribution in [0.1, 0.15) is 32.1 Å². The van der Waals surface area contributed by atoms with Crippen LogP contribution in [0.25, 0.3) is 0 Å². The molecule has 1 heterocycles. The van der Waals surface area contributed by atoms with E-state index in [1.807, 2.05) is 6.08 Å². The van der Waals surface area contributed by atoms with Gasteiger partial charge in [-0.2, -0.15) is 0 Å². The number of ether oxygens (including phenoxy) is 2. The van der Waals surface area contributed by atoms with E-state index in [0.29, 0.717) is 12.8 Å². The summed E-state index contributed by atoms with van der Waals surface area (Å²) in [5.41, 5.74) is 0. The summed E-state index contributed by atoms with van der Waals surface area (Å²) in [5, 5.41) is 19.1. The van der Waals surface area contributed by atoms with Gasteiger partial charge in [0.15, 0.2) is 6.29 Å². The lowest BCUT2D eigenvalue weighted by molar-refractivity contribution is -0.193. The molecule has 1 aliphatic carbocycles. The van der Waals surface area contributed by atoms with Crippen LogP contribution in [0, 0.1) is 11.8 Å². The second-order valence-electron chi connectivity index (χ2n) is 5.26. The largest absolute Gasteiger partial charge is 0.396 e. The summed E-state index contributed by atoms with van der Waals surface area (Å²) >= 11 is 0. The Bertz CT molecular complexity index is 263. The highest BCUT2D eigenvalue weighted by Gasteiger charge is 2.42. The van der Waals surface area contributed by atoms with Gasteiger partial charge in [0.1, 0.15) is 0 Å². The van der Waals surface area contributed by atoms with Crippen molar-refractivity contribution in [1.82, 2.24) is 0 Å². The molecular formula is C14H24O4. The molecule has 1 saturated carbocycles. The van der Waals surface area contributed by atoms with Crippen molar-refractivity contribution in [2.75, 3.05) is 13.2 Å². The van der Waals surface area contributed by atoms with Gasteiger partial charge in [-0.3, -0.25) is 0 Å². The third-order valence-electron chi connectivity index (χ3n) is 4.09. The zero-order valence-electron chi connectivity index (χ0n) is 10.8. The number of hydrogen-bond acceptors (Lipinski definition) is 4. The highest BCUT2D eigenvalue weighted by molar-refractivity contribution is 5.00. The third kappa shape index (κ3) is 3.12. The van der Waals surface area contributed by atoms with Gasteiger partial charge < -0.3 is 19.7 Å². The summed E-state index contributed by atoms with van der Waals surface area (Å²) in [6.45, 7) is 4.70. The Balaban J connectivity index is 1.92. The first kappa shape index (κ1) is 14.0. The van der Waals surface area contributed by atoms with Crippen molar-refractivity contribution < 1.29 is 19.7 Å². The van der Waals surface area contributed by atoms with Crippen LogP contribution in [0.3, 0.4) is 0 Å². The highest BCUT2D eigenvalue weighted by atomic mass is 16.7. The van der Waals surface area contributed by atoms with E-state index in [4.69, 9.17) is 14.6 Å². The van der Waals surface area contributed by atoms with E-state index in [9.17, 15) is 5.11 Å². The van der Waals surface area contributed by atoms with Crippen LogP contribution in [0.2, 0.25) is 0 Å². The zero-order chi connectivity index (χ0) is 13.0. The molecule has 1 saturated heterocycles. The minimum Gasteiger partial charge on any atom is -0.396 e. The van der Waals surface area contributed by atoms with Gasteiger partial charge >= 0.3 is 0 Å². The van der Waals surface area contributed by atoms with Crippen molar-refractivity contribution in [3.8, 4) is 0 Å². The van der Waals surface area contributed by atoms with Crippen molar-refractivity contribution in [3.63, 3.8) is 0 Å². The first-order chi connectivity index (χ1) is 8.76. The Morgan fingerprint density at radius 3 is 2.83 bits per heavy atom. The minimum atomic E-state index is -0.409. The average Bonchev–Trinajstić information content (AvgIpc) is 2.67. The smallest absolute Gasteiger partial charge is 0.157 e. The van der Waals surface area contributed by atoms with Crippen LogP contribution in [0.4, 0.5) is 0 Å². The molecule has 4 nitrogen and oxygen atoms in total. The van der Waals surface area contributed by atoms with Crippen molar-refractivity contribution in [2.45, 2.75) is 50.6 Å². The summed E-state index contributed by atoms with van der Waals surface area (Å²) in [6, 6.07) is 0. The molecule has 0 amide bonds. The first-order valence-electron chi connectivity index (χ1n) is 6.94. The fourth-order valence-electron chi connectivity index (χ4n) is 3.12. The number of aliphatic hydroxyl groups is 2. The molecular weight excluding hydrogens is 232 g/mol. The first-order valence-corrected chi connectivity index (χ1v) is 6.94. The molecule has 0 bridgehead atoms. The SMILES string of the molecule is C=C[C@@H]1[C@@H](CCO)[C@@H](O)C[C@H]1OC1CCCCO1. The predicted molar refractivity (Wildman–Crippen MR) is 68.0 cm³/mol. The summed E-state index contributed by atoms with van der Waals surface area (Å²) in [4.78, 5) is 0. The van der Waals surface area contributed by atoms with Gasteiger partial charge in [0.2, 0.25) is 0 Å². The third-order valence-corrected chi connectivity index (χ3v) is 4.09. The van der Waals surface area contributed by atoms with E-state index in [1.165, 1.54) is 0 Å². The lowest BCUT2D eigenvalue weighted by Gasteiger charge is -2.28. The van der Waals surface area contributed by atoms with E-state index in [1.54, 1.807) is 0 Å². The van der Waals surface area contributed by atoms with Crippen LogP contribution in [-0.2, 0) is 9.47 Å². The Hall–Kier alpha value is -0.420. The van der Waals surface area contributed by atoms with E-state index < -0.39 is 6.10 Å². The van der Waals surface area contributed by atoms with Crippen LogP contribution in [-0.4, -0.2) is 41.9 Å². The zero-order valence-corrected chi connectivity index (χ0v) is 10.8. The van der Waals surface area contributed by atoms with E-state index >= 15 is 0 Å². The van der Waals surface area contributed by atoms with Crippen LogP contribution < -0.4 is 0 Å². The van der Waals surface area contributed by atoms with Crippen molar-refractivity contribution in [2.24, 2.45) is 11.8 Å². The number of aliphatic hydroxyl groups excluding tert-OH is 2. The van der Waals surface area contributed by atoms with Crippen molar-refractivity contribution in [1.29, 1.82) is 0 Å². The van der Waals surface area contributed by atoms with Crippen LogP contribution >= 0.6 is 0 Å². The van der Waals surface area contributed by atoms with E-state index in [0.717, 1.165) is 25.9 Å². The fraction of sp³-hybridized carbons (Fsp3) is 0.857. The van der Waals surface area contributed by atoms with Gasteiger partial charge in [0, 0.05) is 25.6 Å². The molecule has 2 fully saturated rings. The second kappa shape index (κ2) is 6.66. The van der Waals surface area contributed by atoms with Gasteiger partial charge in [-0.05, 0) is 31.6 Å².